The molecule has 142 valence electrons. The van der Waals surface area contributed by atoms with Gasteiger partial charge < -0.3 is 9.08 Å². The van der Waals surface area contributed by atoms with E-state index in [1.165, 1.54) is 12.1 Å². The molecule has 1 atom stereocenters. The Balaban J connectivity index is 2.18. The zero-order valence-corrected chi connectivity index (χ0v) is 15.3. The zero-order chi connectivity index (χ0) is 18.7. The van der Waals surface area contributed by atoms with Gasteiger partial charge >= 0.3 is 15.6 Å². The van der Waals surface area contributed by atoms with Crippen LogP contribution in [0.5, 0.6) is 5.75 Å². The van der Waals surface area contributed by atoms with Crippen LogP contribution < -0.4 is 4.18 Å². The highest BCUT2D eigenvalue weighted by Gasteiger charge is 2.48. The van der Waals surface area contributed by atoms with Gasteiger partial charge in [-0.2, -0.15) is 21.6 Å². The molecule has 0 heterocycles. The van der Waals surface area contributed by atoms with Crippen molar-refractivity contribution in [2.75, 3.05) is 13.1 Å². The van der Waals surface area contributed by atoms with Crippen molar-refractivity contribution in [1.82, 2.24) is 4.90 Å². The van der Waals surface area contributed by atoms with E-state index in [2.05, 4.69) is 22.9 Å². The molecule has 0 bridgehead atoms. The van der Waals surface area contributed by atoms with Gasteiger partial charge in [-0.1, -0.05) is 19.9 Å². The van der Waals surface area contributed by atoms with E-state index in [0.717, 1.165) is 49.9 Å². The van der Waals surface area contributed by atoms with Crippen molar-refractivity contribution in [3.63, 3.8) is 0 Å². The Hall–Kier alpha value is -1.28. The van der Waals surface area contributed by atoms with E-state index in [0.29, 0.717) is 12.5 Å². The monoisotopic (exact) mass is 379 g/mol. The molecule has 1 aromatic rings. The van der Waals surface area contributed by atoms with Crippen LogP contribution in [0.25, 0.3) is 0 Å². The Bertz CT molecular complexity index is 683. The second-order valence-corrected chi connectivity index (χ2v) is 7.88. The van der Waals surface area contributed by atoms with Gasteiger partial charge in [0.05, 0.1) is 0 Å². The minimum atomic E-state index is -5.63. The van der Waals surface area contributed by atoms with Crippen LogP contribution in [0.3, 0.4) is 0 Å². The molecule has 0 N–H and O–H groups in total. The molecular formula is C17H24F3NO3S. The third kappa shape index (κ3) is 4.88. The van der Waals surface area contributed by atoms with E-state index >= 15 is 0 Å². The average Bonchev–Trinajstić information content (AvgIpc) is 2.52. The molecule has 0 radical (unpaired) electrons. The van der Waals surface area contributed by atoms with Gasteiger partial charge in [0.1, 0.15) is 5.75 Å². The third-order valence-electron chi connectivity index (χ3n) is 4.41. The first-order valence-corrected chi connectivity index (χ1v) is 9.95. The summed E-state index contributed by atoms with van der Waals surface area (Å²) in [6.07, 6.45) is 4.59. The van der Waals surface area contributed by atoms with E-state index in [4.69, 9.17) is 0 Å². The topological polar surface area (TPSA) is 46.6 Å². The first-order chi connectivity index (χ1) is 11.7. The first kappa shape index (κ1) is 20.0. The van der Waals surface area contributed by atoms with E-state index in [-0.39, 0.29) is 5.75 Å². The number of alkyl halides is 3. The molecule has 0 unspecified atom stereocenters. The molecule has 1 aliphatic carbocycles. The van der Waals surface area contributed by atoms with Crippen LogP contribution in [-0.4, -0.2) is 38.0 Å². The molecule has 1 aliphatic rings. The molecule has 25 heavy (non-hydrogen) atoms. The van der Waals surface area contributed by atoms with Crippen LogP contribution in [0.15, 0.2) is 18.2 Å². The number of benzene rings is 1. The van der Waals surface area contributed by atoms with Crippen LogP contribution in [0.1, 0.15) is 44.2 Å². The van der Waals surface area contributed by atoms with Crippen LogP contribution >= 0.6 is 0 Å². The first-order valence-electron chi connectivity index (χ1n) is 8.54. The van der Waals surface area contributed by atoms with Crippen molar-refractivity contribution in [2.45, 2.75) is 57.5 Å². The fourth-order valence-corrected chi connectivity index (χ4v) is 3.75. The smallest absolute Gasteiger partial charge is 0.376 e. The molecule has 0 fully saturated rings. The van der Waals surface area contributed by atoms with Crippen molar-refractivity contribution < 1.29 is 25.8 Å². The highest BCUT2D eigenvalue weighted by molar-refractivity contribution is 7.88. The van der Waals surface area contributed by atoms with Gasteiger partial charge in [-0.15, -0.1) is 0 Å². The lowest BCUT2D eigenvalue weighted by Crippen LogP contribution is -2.40. The van der Waals surface area contributed by atoms with E-state index in [9.17, 15) is 21.6 Å². The largest absolute Gasteiger partial charge is 0.534 e. The van der Waals surface area contributed by atoms with Crippen LogP contribution in [0, 0.1) is 0 Å². The molecule has 0 aliphatic heterocycles. The lowest BCUT2D eigenvalue weighted by molar-refractivity contribution is -0.0500. The molecule has 0 saturated carbocycles. The van der Waals surface area contributed by atoms with E-state index < -0.39 is 15.6 Å². The maximum atomic E-state index is 12.5. The van der Waals surface area contributed by atoms with Crippen LogP contribution in [0.4, 0.5) is 13.2 Å². The van der Waals surface area contributed by atoms with Crippen LogP contribution in [0.2, 0.25) is 0 Å². The number of rotatable bonds is 7. The van der Waals surface area contributed by atoms with Gasteiger partial charge in [0.2, 0.25) is 0 Å². The zero-order valence-electron chi connectivity index (χ0n) is 14.5. The summed E-state index contributed by atoms with van der Waals surface area (Å²) in [5.41, 5.74) is -3.52. The average molecular weight is 379 g/mol. The maximum absolute atomic E-state index is 12.5. The van der Waals surface area contributed by atoms with Crippen molar-refractivity contribution in [3.05, 3.63) is 29.3 Å². The number of fused-ring (bicyclic) bond motifs is 1. The molecular weight excluding hydrogens is 355 g/mol. The second kappa shape index (κ2) is 7.95. The summed E-state index contributed by atoms with van der Waals surface area (Å²) in [5.74, 6) is -0.283. The number of aryl methyl sites for hydroxylation is 1. The van der Waals surface area contributed by atoms with E-state index in [1.54, 1.807) is 6.07 Å². The lowest BCUT2D eigenvalue weighted by Gasteiger charge is -2.35. The van der Waals surface area contributed by atoms with Gasteiger partial charge in [0.25, 0.3) is 0 Å². The standard InChI is InChI=1S/C17H24F3NO3S/c1-3-9-21(10-4-2)15-7-5-13-6-8-16(12-14(13)11-15)24-25(22,23)17(18,19)20/h6,8,12,15H,3-5,7,9-11H2,1-2H3/t15-/m1/s1. The van der Waals surface area contributed by atoms with Crippen molar-refractivity contribution in [3.8, 4) is 5.75 Å². The van der Waals surface area contributed by atoms with E-state index in [1.807, 2.05) is 0 Å². The Morgan fingerprint density at radius 3 is 2.36 bits per heavy atom. The van der Waals surface area contributed by atoms with Crippen LogP contribution in [-0.2, 0) is 23.0 Å². The number of halogens is 3. The van der Waals surface area contributed by atoms with Gasteiger partial charge in [-0.05, 0) is 68.5 Å². The molecule has 0 amide bonds. The minimum Gasteiger partial charge on any atom is -0.376 e. The van der Waals surface area contributed by atoms with Gasteiger partial charge in [0, 0.05) is 6.04 Å². The molecule has 0 aromatic heterocycles. The SMILES string of the molecule is CCCN(CCC)[C@@H]1CCc2ccc(OS(=O)(=O)C(F)(F)F)cc2C1. The van der Waals surface area contributed by atoms with Crippen molar-refractivity contribution in [2.24, 2.45) is 0 Å². The quantitative estimate of drug-likeness (QED) is 0.533. The second-order valence-electron chi connectivity index (χ2n) is 6.35. The maximum Gasteiger partial charge on any atom is 0.534 e. The molecule has 2 rings (SSSR count). The fourth-order valence-electron chi connectivity index (χ4n) is 3.30. The lowest BCUT2D eigenvalue weighted by atomic mass is 9.87. The Labute approximate surface area is 147 Å². The summed E-state index contributed by atoms with van der Waals surface area (Å²) in [7, 11) is -5.63. The van der Waals surface area contributed by atoms with Gasteiger partial charge in [0.15, 0.2) is 0 Å². The van der Waals surface area contributed by atoms with Gasteiger partial charge in [-0.25, -0.2) is 0 Å². The number of hydrogen-bond acceptors (Lipinski definition) is 4. The highest BCUT2D eigenvalue weighted by atomic mass is 32.2. The summed E-state index contributed by atoms with van der Waals surface area (Å²) >= 11 is 0. The summed E-state index contributed by atoms with van der Waals surface area (Å²) in [6.45, 7) is 6.19. The Kier molecular flexibility index (Phi) is 6.37. The third-order valence-corrected chi connectivity index (χ3v) is 5.39. The molecule has 1 aromatic carbocycles. The number of nitrogens with zero attached hydrogens (tertiary/aromatic N) is 1. The molecule has 4 nitrogen and oxygen atoms in total. The summed E-state index contributed by atoms with van der Waals surface area (Å²) in [6, 6.07) is 4.71. The highest BCUT2D eigenvalue weighted by Crippen LogP contribution is 2.31. The van der Waals surface area contributed by atoms with Crippen molar-refractivity contribution >= 4 is 10.1 Å². The summed E-state index contributed by atoms with van der Waals surface area (Å²) in [4.78, 5) is 2.41. The summed E-state index contributed by atoms with van der Waals surface area (Å²) in [5, 5.41) is 0. The van der Waals surface area contributed by atoms with Gasteiger partial charge in [-0.3, -0.25) is 0 Å². The Morgan fingerprint density at radius 2 is 1.80 bits per heavy atom. The molecule has 0 saturated heterocycles. The number of hydrogen-bond donors (Lipinski definition) is 0. The molecule has 0 spiro atoms. The molecule has 8 heteroatoms. The minimum absolute atomic E-state index is 0.283. The fraction of sp³-hybridized carbons (Fsp3) is 0.647. The normalized spacial score (nSPS) is 18.2. The predicted octanol–water partition coefficient (Wildman–Crippen LogP) is 3.89. The summed E-state index contributed by atoms with van der Waals surface area (Å²) < 4.78 is 64.0. The van der Waals surface area contributed by atoms with Crippen molar-refractivity contribution in [1.29, 1.82) is 0 Å². The predicted molar refractivity (Wildman–Crippen MR) is 90.0 cm³/mol. The Morgan fingerprint density at radius 1 is 1.16 bits per heavy atom.